The number of unbranched alkanes of at least 4 members (excludes halogenated alkanes) is 2. The summed E-state index contributed by atoms with van der Waals surface area (Å²) in [5, 5.41) is 12.2. The number of halogens is 3. The van der Waals surface area contributed by atoms with Crippen LogP contribution in [0.15, 0.2) is 66.3 Å². The molecule has 3 heterocycles. The number of amides is 4. The molecule has 2 aromatic carbocycles. The minimum Gasteiger partial charge on any atom is -0.489 e. The van der Waals surface area contributed by atoms with Crippen LogP contribution < -0.4 is 15.0 Å². The first-order chi connectivity index (χ1) is 34.7. The number of alkyl halides is 3. The van der Waals surface area contributed by atoms with Crippen molar-refractivity contribution in [3.8, 4) is 22.3 Å². The summed E-state index contributed by atoms with van der Waals surface area (Å²) in [5.74, 6) is -1.26. The van der Waals surface area contributed by atoms with E-state index in [4.69, 9.17) is 14.2 Å². The van der Waals surface area contributed by atoms with Gasteiger partial charge in [-0.25, -0.2) is 9.97 Å². The predicted octanol–water partition coefficient (Wildman–Crippen LogP) is 8.79. The van der Waals surface area contributed by atoms with E-state index in [1.54, 1.807) is 60.7 Å². The van der Waals surface area contributed by atoms with Crippen LogP contribution in [0, 0.1) is 34.5 Å². The topological polar surface area (TPSA) is 171 Å². The molecule has 2 aliphatic rings. The number of thiazole rings is 1. The molecular formula is C55H71F3N8O7S. The van der Waals surface area contributed by atoms with Crippen molar-refractivity contribution < 1.29 is 46.6 Å². The molecule has 6 rings (SSSR count). The van der Waals surface area contributed by atoms with Gasteiger partial charge in [0.05, 0.1) is 51.3 Å². The number of likely N-dealkylation sites (tertiary alicyclic amines) is 1. The number of hydrogen-bond acceptors (Lipinski definition) is 12. The van der Waals surface area contributed by atoms with Gasteiger partial charge in [-0.3, -0.25) is 19.2 Å². The Morgan fingerprint density at radius 2 is 1.65 bits per heavy atom. The first-order valence-corrected chi connectivity index (χ1v) is 25.8. The third-order valence-electron chi connectivity index (χ3n) is 14.5. The lowest BCUT2D eigenvalue weighted by atomic mass is 9.49. The number of benzene rings is 2. The van der Waals surface area contributed by atoms with Crippen LogP contribution >= 0.6 is 11.3 Å². The number of aromatic nitrogens is 2. The molecule has 1 saturated carbocycles. The maximum absolute atomic E-state index is 14.5. The Balaban J connectivity index is 0.934. The molecule has 1 aliphatic heterocycles. The van der Waals surface area contributed by atoms with Gasteiger partial charge in [0, 0.05) is 77.8 Å². The lowest BCUT2D eigenvalue weighted by Crippen LogP contribution is -2.74. The van der Waals surface area contributed by atoms with Crippen LogP contribution in [0.3, 0.4) is 0 Å². The van der Waals surface area contributed by atoms with Crippen LogP contribution in [0.4, 0.5) is 18.9 Å². The van der Waals surface area contributed by atoms with Crippen LogP contribution in [-0.4, -0.2) is 133 Å². The van der Waals surface area contributed by atoms with Gasteiger partial charge >= 0.3 is 6.18 Å². The Labute approximate surface area is 437 Å². The fraction of sp³-hybridized carbons (Fsp3) is 0.545. The van der Waals surface area contributed by atoms with E-state index in [2.05, 4.69) is 15.3 Å². The summed E-state index contributed by atoms with van der Waals surface area (Å²) in [5.41, 5.74) is 2.29. The third-order valence-corrected chi connectivity index (χ3v) is 15.4. The maximum Gasteiger partial charge on any atom is 0.417 e. The molecule has 0 radical (unpaired) electrons. The Morgan fingerprint density at radius 1 is 0.959 bits per heavy atom. The molecule has 19 heteroatoms. The number of carbonyl (C=O) groups is 4. The monoisotopic (exact) mass is 1040 g/mol. The van der Waals surface area contributed by atoms with E-state index >= 15 is 0 Å². The fourth-order valence-corrected chi connectivity index (χ4v) is 11.6. The van der Waals surface area contributed by atoms with Gasteiger partial charge in [-0.15, -0.1) is 11.3 Å². The second-order valence-corrected chi connectivity index (χ2v) is 22.7. The average Bonchev–Trinajstić information content (AvgIpc) is 3.99. The molecule has 1 N–H and O–H groups in total. The Bertz CT molecular complexity index is 2650. The zero-order valence-corrected chi connectivity index (χ0v) is 45.4. The second-order valence-electron chi connectivity index (χ2n) is 21.8. The van der Waals surface area contributed by atoms with Crippen molar-refractivity contribution >= 4 is 40.7 Å². The first-order valence-electron chi connectivity index (χ1n) is 24.9. The van der Waals surface area contributed by atoms with Gasteiger partial charge in [-0.05, 0) is 73.1 Å². The van der Waals surface area contributed by atoms with Crippen LogP contribution in [0.25, 0.3) is 10.4 Å². The number of methoxy groups -OCH3 is 1. The summed E-state index contributed by atoms with van der Waals surface area (Å²) in [6.07, 6.45) is -1.30. The summed E-state index contributed by atoms with van der Waals surface area (Å²) in [7, 11) is 6.85. The highest BCUT2D eigenvalue weighted by atomic mass is 32.1. The van der Waals surface area contributed by atoms with E-state index in [0.29, 0.717) is 32.5 Å². The Morgan fingerprint density at radius 3 is 2.23 bits per heavy atom. The van der Waals surface area contributed by atoms with Crippen LogP contribution in [0.5, 0.6) is 5.75 Å². The van der Waals surface area contributed by atoms with Crippen molar-refractivity contribution in [2.24, 2.45) is 16.2 Å². The summed E-state index contributed by atoms with van der Waals surface area (Å²) < 4.78 is 58.5. The Hall–Kier alpha value is -6.10. The predicted molar refractivity (Wildman–Crippen MR) is 277 cm³/mol. The number of anilines is 1. The van der Waals surface area contributed by atoms with E-state index in [1.165, 1.54) is 11.0 Å². The molecule has 400 valence electrons. The van der Waals surface area contributed by atoms with Gasteiger partial charge in [0.2, 0.25) is 17.7 Å². The molecule has 2 aromatic heterocycles. The SMILES string of the molecule is CO[C@@H]1CC(C(=O)N(C)Cc2ccc(-c3scnc3C)cc2)N(C(=O)[C@@H](N(C)C(=O)COCCCCCN(C)c2ccc(C(=O)N[C@H]3C(C)(C)[C@H](Oc4ccc(C#N)c(C(F)(F)F)c4)C3(C)C)nc2)C(C)(C)C)C1. The number of nitrogens with one attached hydrogen (secondary N) is 1. The van der Waals surface area contributed by atoms with Gasteiger partial charge in [-0.2, -0.15) is 18.4 Å². The number of nitrogens with zero attached hydrogens (tertiary/aromatic N) is 7. The molecular weight excluding hydrogens is 974 g/mol. The molecule has 0 bridgehead atoms. The summed E-state index contributed by atoms with van der Waals surface area (Å²) in [6.45, 7) is 16.6. The average molecular weight is 1050 g/mol. The molecule has 2 fully saturated rings. The number of hydrogen-bond donors (Lipinski definition) is 1. The molecule has 15 nitrogen and oxygen atoms in total. The fourth-order valence-electron chi connectivity index (χ4n) is 10.7. The highest BCUT2D eigenvalue weighted by Crippen LogP contribution is 2.56. The van der Waals surface area contributed by atoms with Crippen LogP contribution in [0.2, 0.25) is 0 Å². The number of aryl methyl sites for hydroxylation is 1. The van der Waals surface area contributed by atoms with E-state index in [9.17, 15) is 37.6 Å². The van der Waals surface area contributed by atoms with Gasteiger partial charge < -0.3 is 39.1 Å². The van der Waals surface area contributed by atoms with Gasteiger partial charge in [0.25, 0.3) is 5.91 Å². The maximum atomic E-state index is 14.5. The first kappa shape index (κ1) is 57.2. The van der Waals surface area contributed by atoms with E-state index in [-0.39, 0.29) is 54.3 Å². The molecule has 3 atom stereocenters. The van der Waals surface area contributed by atoms with Crippen molar-refractivity contribution in [2.75, 3.05) is 59.5 Å². The van der Waals surface area contributed by atoms with Crippen molar-refractivity contribution in [2.45, 2.75) is 124 Å². The number of rotatable bonds is 20. The smallest absolute Gasteiger partial charge is 0.417 e. The number of ether oxygens (including phenoxy) is 3. The summed E-state index contributed by atoms with van der Waals surface area (Å²) in [6, 6.07) is 14.4. The van der Waals surface area contributed by atoms with Crippen molar-refractivity contribution in [3.05, 3.63) is 94.4 Å². The third kappa shape index (κ3) is 12.9. The minimum atomic E-state index is -4.72. The largest absolute Gasteiger partial charge is 0.489 e. The molecule has 74 heavy (non-hydrogen) atoms. The highest BCUT2D eigenvalue weighted by Gasteiger charge is 2.64. The van der Waals surface area contributed by atoms with Crippen molar-refractivity contribution in [1.82, 2.24) is 30.0 Å². The standard InChI is InChI=1S/C55H71F3N8O7S/c1-34-45(74-33-61-34)36-18-16-35(17-19-36)30-64(10)48(69)43-27-40(71-12)31-66(43)49(70)46(52(2,3)4)65(11)44(67)32-72-25-15-13-14-24-63(9)38-21-23-42(60-29-38)47(68)62-50-53(5,6)51(54(50,7)8)73-39-22-20-37(28-59)41(26-39)55(56,57)58/h16-23,26,29,33,40,43,46,50-51H,13-15,24-25,27,30-32H2,1-12H3,(H,62,68)/t40-,43?,46-,50-,51-/m1/s1. The molecule has 1 aliphatic carbocycles. The van der Waals surface area contributed by atoms with Crippen LogP contribution in [0.1, 0.15) is 107 Å². The number of nitriles is 1. The van der Waals surface area contributed by atoms with Crippen molar-refractivity contribution in [1.29, 1.82) is 5.26 Å². The van der Waals surface area contributed by atoms with Crippen LogP contribution in [-0.2, 0) is 36.6 Å². The zero-order valence-electron chi connectivity index (χ0n) is 44.6. The van der Waals surface area contributed by atoms with Gasteiger partial charge in [0.1, 0.15) is 36.2 Å². The van der Waals surface area contributed by atoms with E-state index in [0.717, 1.165) is 52.4 Å². The van der Waals surface area contributed by atoms with Gasteiger partial charge in [0.15, 0.2) is 0 Å². The summed E-state index contributed by atoms with van der Waals surface area (Å²) >= 11 is 1.58. The van der Waals surface area contributed by atoms with E-state index < -0.39 is 57.8 Å². The van der Waals surface area contributed by atoms with Gasteiger partial charge in [-0.1, -0.05) is 72.7 Å². The summed E-state index contributed by atoms with van der Waals surface area (Å²) in [4.78, 5) is 72.2. The Kier molecular flexibility index (Phi) is 17.9. The zero-order chi connectivity index (χ0) is 54.5. The number of carbonyl (C=O) groups excluding carboxylic acids is 4. The highest BCUT2D eigenvalue weighted by molar-refractivity contribution is 7.13. The molecule has 4 aromatic rings. The normalized spacial score (nSPS) is 19.5. The molecule has 1 unspecified atom stereocenters. The molecule has 0 spiro atoms. The van der Waals surface area contributed by atoms with E-state index in [1.807, 2.05) is 103 Å². The number of likely N-dealkylation sites (N-methyl/N-ethyl adjacent to an activating group) is 2. The molecule has 4 amide bonds. The quantitative estimate of drug-likeness (QED) is 0.0840. The molecule has 1 saturated heterocycles. The van der Waals surface area contributed by atoms with Crippen molar-refractivity contribution in [3.63, 3.8) is 0 Å². The number of pyridine rings is 1. The lowest BCUT2D eigenvalue weighted by Gasteiger charge is -2.63. The minimum absolute atomic E-state index is 0.00955. The lowest BCUT2D eigenvalue weighted by molar-refractivity contribution is -0.164. The second kappa shape index (κ2) is 23.2.